The van der Waals surface area contributed by atoms with Gasteiger partial charge in [-0.3, -0.25) is 0 Å². The van der Waals surface area contributed by atoms with Crippen LogP contribution < -0.4 is 0 Å². The van der Waals surface area contributed by atoms with E-state index in [1.807, 2.05) is 19.1 Å². The highest BCUT2D eigenvalue weighted by Gasteiger charge is 2.11. The van der Waals surface area contributed by atoms with Crippen LogP contribution in [0.4, 0.5) is 0 Å². The fourth-order valence-electron chi connectivity index (χ4n) is 1.50. The second-order valence-electron chi connectivity index (χ2n) is 3.40. The quantitative estimate of drug-likeness (QED) is 0.898. The lowest BCUT2D eigenvalue weighted by Gasteiger charge is -2.08. The Kier molecular flexibility index (Phi) is 3.19. The summed E-state index contributed by atoms with van der Waals surface area (Å²) in [7, 11) is 0. The maximum atomic E-state index is 9.09. The Labute approximate surface area is 103 Å². The van der Waals surface area contributed by atoms with Gasteiger partial charge in [0.25, 0.3) is 0 Å². The van der Waals surface area contributed by atoms with Crippen molar-refractivity contribution in [1.29, 1.82) is 0 Å². The summed E-state index contributed by atoms with van der Waals surface area (Å²) < 4.78 is 1.67. The topological polar surface area (TPSA) is 38.1 Å². The average molecular weight is 257 g/mol. The third kappa shape index (κ3) is 1.82. The molecule has 1 heterocycles. The van der Waals surface area contributed by atoms with Crippen LogP contribution in [-0.2, 0) is 6.61 Å². The van der Waals surface area contributed by atoms with Crippen molar-refractivity contribution in [2.45, 2.75) is 13.5 Å². The van der Waals surface area contributed by atoms with Gasteiger partial charge in [-0.15, -0.1) is 0 Å². The molecule has 0 fully saturated rings. The van der Waals surface area contributed by atoms with Gasteiger partial charge in [-0.2, -0.15) is 5.10 Å². The number of rotatable bonds is 2. The normalized spacial score (nSPS) is 10.8. The van der Waals surface area contributed by atoms with E-state index < -0.39 is 0 Å². The molecule has 0 aliphatic heterocycles. The van der Waals surface area contributed by atoms with E-state index in [1.54, 1.807) is 16.9 Å². The molecule has 84 valence electrons. The number of hydrogen-bond donors (Lipinski definition) is 1. The predicted octanol–water partition coefficient (Wildman–Crippen LogP) is 2.98. The molecular weight excluding hydrogens is 247 g/mol. The maximum absolute atomic E-state index is 9.09. The largest absolute Gasteiger partial charge is 0.392 e. The van der Waals surface area contributed by atoms with Gasteiger partial charge in [0, 0.05) is 11.3 Å². The van der Waals surface area contributed by atoms with Gasteiger partial charge in [0.05, 0.1) is 28.5 Å². The lowest BCUT2D eigenvalue weighted by atomic mass is 10.2. The van der Waals surface area contributed by atoms with E-state index in [1.165, 1.54) is 0 Å². The van der Waals surface area contributed by atoms with Gasteiger partial charge in [-0.25, -0.2) is 4.68 Å². The van der Waals surface area contributed by atoms with Crippen LogP contribution in [0, 0.1) is 6.92 Å². The molecule has 2 aromatic rings. The van der Waals surface area contributed by atoms with Crippen LogP contribution in [0.1, 0.15) is 11.3 Å². The van der Waals surface area contributed by atoms with Crippen LogP contribution >= 0.6 is 23.2 Å². The molecular formula is C11H10Cl2N2O. The first-order valence-corrected chi connectivity index (χ1v) is 5.49. The molecule has 0 amide bonds. The molecule has 2 rings (SSSR count). The number of halogens is 2. The molecule has 3 nitrogen and oxygen atoms in total. The van der Waals surface area contributed by atoms with Gasteiger partial charge in [0.15, 0.2) is 0 Å². The molecule has 0 saturated carbocycles. The average Bonchev–Trinajstić information content (AvgIpc) is 2.64. The first-order valence-electron chi connectivity index (χ1n) is 4.74. The van der Waals surface area contributed by atoms with E-state index in [4.69, 9.17) is 28.3 Å². The summed E-state index contributed by atoms with van der Waals surface area (Å²) in [6.07, 6.45) is 1.62. The summed E-state index contributed by atoms with van der Waals surface area (Å²) >= 11 is 12.0. The summed E-state index contributed by atoms with van der Waals surface area (Å²) in [5.41, 5.74) is 2.34. The molecule has 0 atom stereocenters. The molecule has 5 heteroatoms. The monoisotopic (exact) mass is 256 g/mol. The number of nitrogens with zero attached hydrogens (tertiary/aromatic N) is 2. The summed E-state index contributed by atoms with van der Waals surface area (Å²) in [5.74, 6) is 0. The molecule has 16 heavy (non-hydrogen) atoms. The lowest BCUT2D eigenvalue weighted by molar-refractivity contribution is 0.281. The first-order chi connectivity index (χ1) is 7.65. The van der Waals surface area contributed by atoms with Crippen molar-refractivity contribution in [3.8, 4) is 5.69 Å². The van der Waals surface area contributed by atoms with Gasteiger partial charge in [-0.05, 0) is 19.1 Å². The maximum Gasteiger partial charge on any atom is 0.0850 e. The van der Waals surface area contributed by atoms with Crippen molar-refractivity contribution in [2.24, 2.45) is 0 Å². The zero-order valence-corrected chi connectivity index (χ0v) is 10.1. The Morgan fingerprint density at radius 3 is 2.75 bits per heavy atom. The van der Waals surface area contributed by atoms with E-state index in [9.17, 15) is 0 Å². The number of aliphatic hydroxyl groups is 1. The molecule has 0 saturated heterocycles. The summed E-state index contributed by atoms with van der Waals surface area (Å²) in [6, 6.07) is 5.36. The molecule has 0 aliphatic rings. The van der Waals surface area contributed by atoms with E-state index >= 15 is 0 Å². The molecule has 0 spiro atoms. The van der Waals surface area contributed by atoms with Crippen LogP contribution in [0.25, 0.3) is 5.69 Å². The molecule has 0 bridgehead atoms. The van der Waals surface area contributed by atoms with E-state index in [0.717, 1.165) is 11.3 Å². The minimum absolute atomic E-state index is 0.0377. The van der Waals surface area contributed by atoms with E-state index in [-0.39, 0.29) is 6.61 Å². The first kappa shape index (κ1) is 11.5. The van der Waals surface area contributed by atoms with Crippen LogP contribution in [0.15, 0.2) is 24.4 Å². The van der Waals surface area contributed by atoms with Gasteiger partial charge in [0.1, 0.15) is 0 Å². The lowest BCUT2D eigenvalue weighted by Crippen LogP contribution is -2.00. The Balaban J connectivity index is 2.59. The predicted molar refractivity (Wildman–Crippen MR) is 64.2 cm³/mol. The van der Waals surface area contributed by atoms with Crippen molar-refractivity contribution in [1.82, 2.24) is 9.78 Å². The van der Waals surface area contributed by atoms with E-state index in [2.05, 4.69) is 5.10 Å². The summed E-state index contributed by atoms with van der Waals surface area (Å²) in [6.45, 7) is 1.83. The highest BCUT2D eigenvalue weighted by molar-refractivity contribution is 6.43. The van der Waals surface area contributed by atoms with Crippen molar-refractivity contribution >= 4 is 23.2 Å². The minimum atomic E-state index is -0.0377. The Hall–Kier alpha value is -1.03. The Bertz CT molecular complexity index is 523. The second kappa shape index (κ2) is 4.45. The minimum Gasteiger partial charge on any atom is -0.392 e. The van der Waals surface area contributed by atoms with Crippen LogP contribution in [-0.4, -0.2) is 14.9 Å². The van der Waals surface area contributed by atoms with Crippen LogP contribution in [0.3, 0.4) is 0 Å². The number of aliphatic hydroxyl groups excluding tert-OH is 1. The SMILES string of the molecule is Cc1c(CO)cnn1-c1cccc(Cl)c1Cl. The zero-order valence-electron chi connectivity index (χ0n) is 8.61. The highest BCUT2D eigenvalue weighted by atomic mass is 35.5. The van der Waals surface area contributed by atoms with Gasteiger partial charge >= 0.3 is 0 Å². The molecule has 1 N–H and O–H groups in total. The fraction of sp³-hybridized carbons (Fsp3) is 0.182. The van der Waals surface area contributed by atoms with E-state index in [0.29, 0.717) is 15.7 Å². The Morgan fingerprint density at radius 2 is 2.12 bits per heavy atom. The van der Waals surface area contributed by atoms with Crippen molar-refractivity contribution in [2.75, 3.05) is 0 Å². The molecule has 1 aromatic heterocycles. The van der Waals surface area contributed by atoms with Crippen molar-refractivity contribution in [3.63, 3.8) is 0 Å². The molecule has 0 unspecified atom stereocenters. The van der Waals surface area contributed by atoms with Gasteiger partial charge in [-0.1, -0.05) is 29.3 Å². The number of aromatic nitrogens is 2. The highest BCUT2D eigenvalue weighted by Crippen LogP contribution is 2.29. The molecule has 0 aliphatic carbocycles. The van der Waals surface area contributed by atoms with Gasteiger partial charge in [0.2, 0.25) is 0 Å². The third-order valence-corrected chi connectivity index (χ3v) is 3.25. The van der Waals surface area contributed by atoms with Crippen LogP contribution in [0.2, 0.25) is 10.0 Å². The Morgan fingerprint density at radius 1 is 1.38 bits per heavy atom. The summed E-state index contributed by atoms with van der Waals surface area (Å²) in [5, 5.41) is 14.2. The fourth-order valence-corrected chi connectivity index (χ4v) is 1.87. The van der Waals surface area contributed by atoms with Gasteiger partial charge < -0.3 is 5.11 Å². The van der Waals surface area contributed by atoms with Crippen molar-refractivity contribution < 1.29 is 5.11 Å². The summed E-state index contributed by atoms with van der Waals surface area (Å²) in [4.78, 5) is 0. The molecule has 0 radical (unpaired) electrons. The zero-order chi connectivity index (χ0) is 11.7. The van der Waals surface area contributed by atoms with Crippen molar-refractivity contribution in [3.05, 3.63) is 45.7 Å². The van der Waals surface area contributed by atoms with Crippen LogP contribution in [0.5, 0.6) is 0 Å². The number of hydrogen-bond acceptors (Lipinski definition) is 2. The second-order valence-corrected chi connectivity index (χ2v) is 4.18. The smallest absolute Gasteiger partial charge is 0.0850 e. The third-order valence-electron chi connectivity index (χ3n) is 2.44. The number of benzene rings is 1. The standard InChI is InChI=1S/C11H10Cl2N2O/c1-7-8(6-16)5-14-15(7)10-4-2-3-9(12)11(10)13/h2-5,16H,6H2,1H3. The molecule has 1 aromatic carbocycles.